The molecule has 0 heterocycles. The molecule has 6 aromatic carbocycles. The van der Waals surface area contributed by atoms with Gasteiger partial charge < -0.3 is 4.90 Å². The van der Waals surface area contributed by atoms with E-state index in [1.54, 1.807) is 12.1 Å². The summed E-state index contributed by atoms with van der Waals surface area (Å²) in [5.41, 5.74) is 10.5. The molecule has 0 aromatic heterocycles. The maximum absolute atomic E-state index is 9.47. The third-order valence-electron chi connectivity index (χ3n) is 7.18. The summed E-state index contributed by atoms with van der Waals surface area (Å²) >= 11 is 0. The van der Waals surface area contributed by atoms with Crippen molar-refractivity contribution in [2.24, 2.45) is 0 Å². The molecule has 0 spiro atoms. The zero-order valence-corrected chi connectivity index (χ0v) is 22.3. The Balaban J connectivity index is 1.38. The topological polar surface area (TPSA) is 50.8 Å². The van der Waals surface area contributed by atoms with Crippen LogP contribution in [0.2, 0.25) is 0 Å². The SMILES string of the molecule is N#Cc1ccc(-c2ccc(N(c3ccc(-c4ccccc4)cc3)c3ccc(-c4ccccc4)cc3)cc2)cc1C#N. The van der Waals surface area contributed by atoms with E-state index in [0.717, 1.165) is 39.3 Å². The van der Waals surface area contributed by atoms with Gasteiger partial charge >= 0.3 is 0 Å². The quantitative estimate of drug-likeness (QED) is 0.218. The van der Waals surface area contributed by atoms with Crippen molar-refractivity contribution >= 4 is 17.1 Å². The molecule has 3 heteroatoms. The van der Waals surface area contributed by atoms with Gasteiger partial charge in [0.15, 0.2) is 0 Å². The molecule has 0 aliphatic heterocycles. The molecule has 0 aliphatic rings. The van der Waals surface area contributed by atoms with Gasteiger partial charge in [0.2, 0.25) is 0 Å². The minimum absolute atomic E-state index is 0.382. The molecule has 0 unspecified atom stereocenters. The van der Waals surface area contributed by atoms with Crippen LogP contribution in [0.25, 0.3) is 33.4 Å². The van der Waals surface area contributed by atoms with Gasteiger partial charge in [-0.15, -0.1) is 0 Å². The summed E-state index contributed by atoms with van der Waals surface area (Å²) in [6, 6.07) is 55.9. The van der Waals surface area contributed by atoms with Crippen molar-refractivity contribution in [1.82, 2.24) is 0 Å². The lowest BCUT2D eigenvalue weighted by atomic mass is 9.99. The molecule has 3 nitrogen and oxygen atoms in total. The van der Waals surface area contributed by atoms with E-state index in [-0.39, 0.29) is 0 Å². The number of hydrogen-bond acceptors (Lipinski definition) is 3. The molecule has 0 fully saturated rings. The van der Waals surface area contributed by atoms with Crippen molar-refractivity contribution in [3.8, 4) is 45.5 Å². The Morgan fingerprint density at radius 3 is 1.07 bits per heavy atom. The molecular formula is C38H25N3. The maximum Gasteiger partial charge on any atom is 0.101 e. The molecule has 192 valence electrons. The molecule has 0 atom stereocenters. The molecule has 0 bridgehead atoms. The first kappa shape index (κ1) is 25.4. The second kappa shape index (κ2) is 11.5. The summed E-state index contributed by atoms with van der Waals surface area (Å²) in [7, 11) is 0. The molecule has 0 saturated carbocycles. The molecule has 6 aromatic rings. The predicted octanol–water partition coefficient (Wildman–Crippen LogP) is 9.90. The third-order valence-corrected chi connectivity index (χ3v) is 7.18. The summed E-state index contributed by atoms with van der Waals surface area (Å²) < 4.78 is 0. The van der Waals surface area contributed by atoms with E-state index in [2.05, 4.69) is 138 Å². The first-order valence-corrected chi connectivity index (χ1v) is 13.4. The van der Waals surface area contributed by atoms with Gasteiger partial charge in [0.05, 0.1) is 11.1 Å². The van der Waals surface area contributed by atoms with E-state index in [1.807, 2.05) is 18.2 Å². The molecule has 0 aliphatic carbocycles. The Kier molecular flexibility index (Phi) is 7.09. The highest BCUT2D eigenvalue weighted by Gasteiger charge is 2.14. The summed E-state index contributed by atoms with van der Waals surface area (Å²) in [6.45, 7) is 0. The van der Waals surface area contributed by atoms with E-state index < -0.39 is 0 Å². The highest BCUT2D eigenvalue weighted by Crippen LogP contribution is 2.37. The van der Waals surface area contributed by atoms with E-state index >= 15 is 0 Å². The van der Waals surface area contributed by atoms with Crippen molar-refractivity contribution in [3.05, 3.63) is 163 Å². The summed E-state index contributed by atoms with van der Waals surface area (Å²) in [4.78, 5) is 2.24. The van der Waals surface area contributed by atoms with Crippen LogP contribution in [0.3, 0.4) is 0 Å². The van der Waals surface area contributed by atoms with E-state index in [9.17, 15) is 10.5 Å². The van der Waals surface area contributed by atoms with Crippen molar-refractivity contribution in [3.63, 3.8) is 0 Å². The van der Waals surface area contributed by atoms with Crippen LogP contribution in [-0.2, 0) is 0 Å². The predicted molar refractivity (Wildman–Crippen MR) is 167 cm³/mol. The van der Waals surface area contributed by atoms with Crippen LogP contribution < -0.4 is 4.90 Å². The van der Waals surface area contributed by atoms with Crippen LogP contribution >= 0.6 is 0 Å². The molecule has 6 rings (SSSR count). The normalized spacial score (nSPS) is 10.4. The average Bonchev–Trinajstić information content (AvgIpc) is 3.06. The van der Waals surface area contributed by atoms with E-state index in [0.29, 0.717) is 11.1 Å². The molecule has 0 N–H and O–H groups in total. The first-order valence-electron chi connectivity index (χ1n) is 13.4. The molecule has 41 heavy (non-hydrogen) atoms. The van der Waals surface area contributed by atoms with Crippen molar-refractivity contribution in [2.75, 3.05) is 4.90 Å². The number of anilines is 3. The van der Waals surface area contributed by atoms with Gasteiger partial charge in [0, 0.05) is 17.1 Å². The van der Waals surface area contributed by atoms with Crippen LogP contribution in [0, 0.1) is 22.7 Å². The van der Waals surface area contributed by atoms with Crippen molar-refractivity contribution in [2.45, 2.75) is 0 Å². The lowest BCUT2D eigenvalue weighted by molar-refractivity contribution is 1.28. The van der Waals surface area contributed by atoms with Gasteiger partial charge in [-0.2, -0.15) is 10.5 Å². The number of benzene rings is 6. The number of nitriles is 2. The highest BCUT2D eigenvalue weighted by molar-refractivity contribution is 5.81. The Labute approximate surface area is 240 Å². The van der Waals surface area contributed by atoms with Gasteiger partial charge in [-0.25, -0.2) is 0 Å². The fourth-order valence-corrected chi connectivity index (χ4v) is 5.03. The minimum atomic E-state index is 0.382. The van der Waals surface area contributed by atoms with E-state index in [1.165, 1.54) is 11.1 Å². The average molecular weight is 524 g/mol. The number of hydrogen-bond donors (Lipinski definition) is 0. The first-order chi connectivity index (χ1) is 20.2. The number of nitrogens with zero attached hydrogens (tertiary/aromatic N) is 3. The molecule has 0 radical (unpaired) electrons. The van der Waals surface area contributed by atoms with Crippen LogP contribution in [0.5, 0.6) is 0 Å². The summed E-state index contributed by atoms with van der Waals surface area (Å²) in [5, 5.41) is 18.7. The Morgan fingerprint density at radius 2 is 0.683 bits per heavy atom. The third kappa shape index (κ3) is 5.34. The van der Waals surface area contributed by atoms with Crippen molar-refractivity contribution in [1.29, 1.82) is 10.5 Å². The van der Waals surface area contributed by atoms with Gasteiger partial charge in [0.25, 0.3) is 0 Å². The van der Waals surface area contributed by atoms with Crippen LogP contribution in [0.15, 0.2) is 152 Å². The Morgan fingerprint density at radius 1 is 0.341 bits per heavy atom. The fourth-order valence-electron chi connectivity index (χ4n) is 5.03. The van der Waals surface area contributed by atoms with Gasteiger partial charge in [-0.05, 0) is 81.9 Å². The second-order valence-electron chi connectivity index (χ2n) is 9.69. The largest absolute Gasteiger partial charge is 0.311 e. The van der Waals surface area contributed by atoms with Crippen LogP contribution in [0.4, 0.5) is 17.1 Å². The summed E-state index contributed by atoms with van der Waals surface area (Å²) in [6.07, 6.45) is 0. The Bertz CT molecular complexity index is 1780. The fraction of sp³-hybridized carbons (Fsp3) is 0. The van der Waals surface area contributed by atoms with E-state index in [4.69, 9.17) is 0 Å². The monoisotopic (exact) mass is 523 g/mol. The van der Waals surface area contributed by atoms with Gasteiger partial charge in [-0.3, -0.25) is 0 Å². The van der Waals surface area contributed by atoms with Gasteiger partial charge in [0.1, 0.15) is 12.1 Å². The van der Waals surface area contributed by atoms with Crippen LogP contribution in [-0.4, -0.2) is 0 Å². The Hall–Kier alpha value is -5.90. The standard InChI is InChI=1S/C38H25N3/c39-26-34-12-11-33(25-35(34)27-40)32-17-23-38(24-18-32)41(36-19-13-30(14-20-36)28-7-3-1-4-8-28)37-21-15-31(16-22-37)29-9-5-2-6-10-29/h1-25H. The lowest BCUT2D eigenvalue weighted by Gasteiger charge is -2.26. The zero-order valence-electron chi connectivity index (χ0n) is 22.3. The minimum Gasteiger partial charge on any atom is -0.311 e. The second-order valence-corrected chi connectivity index (χ2v) is 9.69. The lowest BCUT2D eigenvalue weighted by Crippen LogP contribution is -2.09. The molecular weight excluding hydrogens is 498 g/mol. The van der Waals surface area contributed by atoms with Crippen LogP contribution in [0.1, 0.15) is 11.1 Å². The van der Waals surface area contributed by atoms with Crippen molar-refractivity contribution < 1.29 is 0 Å². The maximum atomic E-state index is 9.47. The number of rotatable bonds is 6. The zero-order chi connectivity index (χ0) is 28.0. The summed E-state index contributed by atoms with van der Waals surface area (Å²) in [5.74, 6) is 0. The highest BCUT2D eigenvalue weighted by atomic mass is 15.1. The molecule has 0 amide bonds. The smallest absolute Gasteiger partial charge is 0.101 e. The van der Waals surface area contributed by atoms with Gasteiger partial charge in [-0.1, -0.05) is 103 Å². The molecule has 0 saturated heterocycles.